The molecule has 4 unspecified atom stereocenters. The third kappa shape index (κ3) is 5.79. The number of carbonyl (C=O) groups is 1. The second kappa shape index (κ2) is 10.5. The third-order valence-electron chi connectivity index (χ3n) is 6.20. The molecule has 0 saturated carbocycles. The number of fused-ring (bicyclic) bond motifs is 1. The number of alkyl carbamates (subject to hydrolysis) is 1. The molecule has 37 heavy (non-hydrogen) atoms. The average Bonchev–Trinajstić information content (AvgIpc) is 3.34. The van der Waals surface area contributed by atoms with Gasteiger partial charge in [0.1, 0.15) is 35.9 Å². The molecule has 3 heterocycles. The van der Waals surface area contributed by atoms with Crippen LogP contribution in [0.5, 0.6) is 5.75 Å². The van der Waals surface area contributed by atoms with Crippen LogP contribution in [-0.2, 0) is 9.47 Å². The number of nitrogens with zero attached hydrogens (tertiary/aromatic N) is 2. The Labute approximate surface area is 214 Å². The van der Waals surface area contributed by atoms with E-state index in [-0.39, 0.29) is 19.8 Å². The molecule has 0 radical (unpaired) electrons. The molecule has 0 aliphatic carbocycles. The van der Waals surface area contributed by atoms with Crippen molar-refractivity contribution in [1.29, 1.82) is 0 Å². The summed E-state index contributed by atoms with van der Waals surface area (Å²) in [7, 11) is 0. The molecule has 4 N–H and O–H groups in total. The fourth-order valence-corrected chi connectivity index (χ4v) is 4.42. The van der Waals surface area contributed by atoms with Crippen molar-refractivity contribution in [3.05, 3.63) is 46.5 Å². The van der Waals surface area contributed by atoms with Crippen LogP contribution < -0.4 is 15.7 Å². The SMILES string of the molecule is Cc1cccc(OCCNC(=O)OC(C)(C)C)c1-c1cc2cn(C3OC(CO)C(O)C3C)c(=O)nc2[nH]1. The van der Waals surface area contributed by atoms with Crippen molar-refractivity contribution in [2.24, 2.45) is 5.92 Å². The Morgan fingerprint density at radius 3 is 2.76 bits per heavy atom. The Hall–Kier alpha value is -3.41. The Morgan fingerprint density at radius 2 is 2.08 bits per heavy atom. The number of ether oxygens (including phenoxy) is 3. The van der Waals surface area contributed by atoms with Gasteiger partial charge in [-0.3, -0.25) is 4.57 Å². The Morgan fingerprint density at radius 1 is 1.32 bits per heavy atom. The van der Waals surface area contributed by atoms with Gasteiger partial charge in [-0.25, -0.2) is 9.59 Å². The lowest BCUT2D eigenvalue weighted by atomic mass is 10.0. The fraction of sp³-hybridized carbons (Fsp3) is 0.500. The van der Waals surface area contributed by atoms with Gasteiger partial charge in [-0.2, -0.15) is 4.98 Å². The standard InChI is InChI=1S/C26H34N4O7/c1-14-7-6-8-18(35-10-9-27-25(34)37-26(3,4)5)20(14)17-11-16-12-30(24(33)29-22(16)28-17)23-15(2)21(32)19(13-31)36-23/h6-8,11-12,15,19,21,23,31-32H,9-10,13H2,1-5H3,(H,27,34)(H,28,29,33). The number of aromatic amines is 1. The quantitative estimate of drug-likeness (QED) is 0.352. The minimum absolute atomic E-state index is 0.226. The van der Waals surface area contributed by atoms with Gasteiger partial charge >= 0.3 is 11.8 Å². The molecule has 3 aromatic rings. The first-order chi connectivity index (χ1) is 17.5. The normalized spacial score (nSPS) is 21.8. The van der Waals surface area contributed by atoms with Gasteiger partial charge in [0, 0.05) is 23.1 Å². The number of amides is 1. The molecule has 0 spiro atoms. The number of hydrogen-bond acceptors (Lipinski definition) is 8. The number of nitrogens with one attached hydrogen (secondary N) is 2. The van der Waals surface area contributed by atoms with Crippen LogP contribution in [0.1, 0.15) is 39.5 Å². The van der Waals surface area contributed by atoms with Crippen LogP contribution >= 0.6 is 0 Å². The first kappa shape index (κ1) is 26.6. The van der Waals surface area contributed by atoms with Gasteiger partial charge in [-0.1, -0.05) is 19.1 Å². The minimum Gasteiger partial charge on any atom is -0.491 e. The molecule has 0 bridgehead atoms. The van der Waals surface area contributed by atoms with E-state index >= 15 is 0 Å². The maximum atomic E-state index is 12.8. The van der Waals surface area contributed by atoms with Crippen LogP contribution in [0.2, 0.25) is 0 Å². The van der Waals surface area contributed by atoms with E-state index in [0.717, 1.165) is 11.1 Å². The van der Waals surface area contributed by atoms with Crippen molar-refractivity contribution in [3.63, 3.8) is 0 Å². The van der Waals surface area contributed by atoms with E-state index < -0.39 is 41.7 Å². The zero-order valence-electron chi connectivity index (χ0n) is 21.6. The summed E-state index contributed by atoms with van der Waals surface area (Å²) in [6.45, 7) is 9.24. The van der Waals surface area contributed by atoms with E-state index in [4.69, 9.17) is 14.2 Å². The summed E-state index contributed by atoms with van der Waals surface area (Å²) in [6, 6.07) is 7.52. The van der Waals surface area contributed by atoms with E-state index in [1.165, 1.54) is 4.57 Å². The Bertz CT molecular complexity index is 1330. The van der Waals surface area contributed by atoms with Crippen LogP contribution in [0.3, 0.4) is 0 Å². The van der Waals surface area contributed by atoms with E-state index in [1.54, 1.807) is 33.9 Å². The predicted octanol–water partition coefficient (Wildman–Crippen LogP) is 2.49. The number of carbonyl (C=O) groups excluding carboxylic acids is 1. The molecular formula is C26H34N4O7. The fourth-order valence-electron chi connectivity index (χ4n) is 4.42. The summed E-state index contributed by atoms with van der Waals surface area (Å²) in [5.74, 6) is 0.201. The largest absolute Gasteiger partial charge is 0.491 e. The van der Waals surface area contributed by atoms with Crippen LogP contribution in [-0.4, -0.2) is 68.4 Å². The number of benzene rings is 1. The van der Waals surface area contributed by atoms with Crippen LogP contribution in [0.25, 0.3) is 22.3 Å². The van der Waals surface area contributed by atoms with Gasteiger partial charge in [-0.15, -0.1) is 0 Å². The number of aliphatic hydroxyl groups excluding tert-OH is 2. The summed E-state index contributed by atoms with van der Waals surface area (Å²) in [4.78, 5) is 32.1. The molecule has 200 valence electrons. The number of rotatable bonds is 7. The smallest absolute Gasteiger partial charge is 0.407 e. The average molecular weight is 515 g/mol. The summed E-state index contributed by atoms with van der Waals surface area (Å²) < 4.78 is 18.3. The molecule has 1 aromatic carbocycles. The molecule has 1 aliphatic rings. The number of aromatic nitrogens is 3. The number of aryl methyl sites for hydroxylation is 1. The van der Waals surface area contributed by atoms with Gasteiger partial charge in [0.05, 0.1) is 24.9 Å². The van der Waals surface area contributed by atoms with Crippen molar-refractivity contribution in [1.82, 2.24) is 19.9 Å². The highest BCUT2D eigenvalue weighted by Crippen LogP contribution is 2.36. The summed E-state index contributed by atoms with van der Waals surface area (Å²) in [5, 5.41) is 23.1. The zero-order chi connectivity index (χ0) is 26.9. The summed E-state index contributed by atoms with van der Waals surface area (Å²) in [5.41, 5.74) is 1.75. The molecule has 11 heteroatoms. The van der Waals surface area contributed by atoms with Gasteiger partial charge in [0.25, 0.3) is 0 Å². The highest BCUT2D eigenvalue weighted by Gasteiger charge is 2.42. The van der Waals surface area contributed by atoms with Gasteiger partial charge < -0.3 is 34.7 Å². The molecule has 2 aromatic heterocycles. The zero-order valence-corrected chi connectivity index (χ0v) is 21.6. The first-order valence-electron chi connectivity index (χ1n) is 12.2. The van der Waals surface area contributed by atoms with Crippen LogP contribution in [0.15, 0.2) is 35.3 Å². The van der Waals surface area contributed by atoms with Crippen molar-refractivity contribution >= 4 is 17.1 Å². The van der Waals surface area contributed by atoms with Crippen LogP contribution in [0.4, 0.5) is 4.79 Å². The maximum absolute atomic E-state index is 12.8. The molecule has 11 nitrogen and oxygen atoms in total. The molecule has 1 saturated heterocycles. The van der Waals surface area contributed by atoms with E-state index in [0.29, 0.717) is 22.5 Å². The first-order valence-corrected chi connectivity index (χ1v) is 12.2. The lowest BCUT2D eigenvalue weighted by Crippen LogP contribution is -2.34. The number of aliphatic hydroxyl groups is 2. The van der Waals surface area contributed by atoms with E-state index in [2.05, 4.69) is 15.3 Å². The molecule has 4 atom stereocenters. The van der Waals surface area contributed by atoms with Crippen molar-refractivity contribution in [2.75, 3.05) is 19.8 Å². The van der Waals surface area contributed by atoms with E-state index in [1.807, 2.05) is 31.2 Å². The topological polar surface area (TPSA) is 148 Å². The maximum Gasteiger partial charge on any atom is 0.407 e. The summed E-state index contributed by atoms with van der Waals surface area (Å²) in [6.07, 6.45) is -1.27. The predicted molar refractivity (Wildman–Crippen MR) is 136 cm³/mol. The molecular weight excluding hydrogens is 480 g/mol. The Kier molecular flexibility index (Phi) is 7.58. The van der Waals surface area contributed by atoms with Gasteiger partial charge in [0.15, 0.2) is 0 Å². The van der Waals surface area contributed by atoms with Crippen LogP contribution in [0, 0.1) is 12.8 Å². The molecule has 1 aliphatic heterocycles. The van der Waals surface area contributed by atoms with E-state index in [9.17, 15) is 19.8 Å². The molecule has 1 fully saturated rings. The summed E-state index contributed by atoms with van der Waals surface area (Å²) >= 11 is 0. The van der Waals surface area contributed by atoms with Crippen molar-refractivity contribution in [3.8, 4) is 17.0 Å². The van der Waals surface area contributed by atoms with Gasteiger partial charge in [0.2, 0.25) is 0 Å². The van der Waals surface area contributed by atoms with Crippen molar-refractivity contribution in [2.45, 2.75) is 58.7 Å². The lowest BCUT2D eigenvalue weighted by Gasteiger charge is -2.20. The molecule has 1 amide bonds. The monoisotopic (exact) mass is 514 g/mol. The Balaban J connectivity index is 1.56. The van der Waals surface area contributed by atoms with Crippen molar-refractivity contribution < 1.29 is 29.2 Å². The molecule has 4 rings (SSSR count). The third-order valence-corrected chi connectivity index (χ3v) is 6.20. The highest BCUT2D eigenvalue weighted by molar-refractivity contribution is 5.85. The number of hydrogen-bond donors (Lipinski definition) is 4. The second-order valence-corrected chi connectivity index (χ2v) is 10.2. The highest BCUT2D eigenvalue weighted by atomic mass is 16.6. The second-order valence-electron chi connectivity index (χ2n) is 10.2. The number of H-pyrrole nitrogens is 1. The minimum atomic E-state index is -0.893. The lowest BCUT2D eigenvalue weighted by molar-refractivity contribution is -0.0474. The van der Waals surface area contributed by atoms with Gasteiger partial charge in [-0.05, 0) is 45.4 Å².